The maximum absolute atomic E-state index is 12.5. The Morgan fingerprint density at radius 1 is 1.19 bits per heavy atom. The highest BCUT2D eigenvalue weighted by molar-refractivity contribution is 5.84. The van der Waals surface area contributed by atoms with Gasteiger partial charge in [0, 0.05) is 33.7 Å². The molecule has 0 saturated carbocycles. The summed E-state index contributed by atoms with van der Waals surface area (Å²) in [4.78, 5) is 39.8. The van der Waals surface area contributed by atoms with E-state index in [1.807, 2.05) is 6.92 Å². The maximum Gasteiger partial charge on any atom is 0.320 e. The van der Waals surface area contributed by atoms with E-state index in [1.54, 1.807) is 23.9 Å². The molecule has 7 nitrogen and oxygen atoms in total. The highest BCUT2D eigenvalue weighted by Gasteiger charge is 2.29. The lowest BCUT2D eigenvalue weighted by Crippen LogP contribution is -2.50. The Balaban J connectivity index is 2.61. The predicted octanol–water partition coefficient (Wildman–Crippen LogP) is 0.703. The molecule has 1 rings (SSSR count). The van der Waals surface area contributed by atoms with Crippen LogP contribution in [0.5, 0.6) is 0 Å². The number of urea groups is 1. The molecular formula is C14H25N3O4. The Labute approximate surface area is 125 Å². The number of likely N-dealkylation sites (N-methyl/N-ethyl adjacent to an activating group) is 1. The third-order valence-electron chi connectivity index (χ3n) is 3.70. The summed E-state index contributed by atoms with van der Waals surface area (Å²) in [7, 11) is 3.32. The summed E-state index contributed by atoms with van der Waals surface area (Å²) in [5.41, 5.74) is 0. The van der Waals surface area contributed by atoms with Crippen LogP contribution in [0.1, 0.15) is 26.2 Å². The fourth-order valence-electron chi connectivity index (χ4n) is 2.33. The number of piperidine rings is 1. The monoisotopic (exact) mass is 299 g/mol. The number of carbonyl (C=O) groups excluding carboxylic acids is 2. The van der Waals surface area contributed by atoms with Crippen LogP contribution in [0.3, 0.4) is 0 Å². The van der Waals surface area contributed by atoms with Crippen molar-refractivity contribution in [2.45, 2.75) is 26.2 Å². The second-order valence-electron chi connectivity index (χ2n) is 5.59. The van der Waals surface area contributed by atoms with Crippen LogP contribution < -0.4 is 0 Å². The second kappa shape index (κ2) is 7.85. The van der Waals surface area contributed by atoms with Crippen LogP contribution in [0.25, 0.3) is 0 Å². The quantitative estimate of drug-likeness (QED) is 0.810. The zero-order valence-corrected chi connectivity index (χ0v) is 13.0. The molecule has 0 aromatic heterocycles. The molecule has 0 aliphatic carbocycles. The average molecular weight is 299 g/mol. The summed E-state index contributed by atoms with van der Waals surface area (Å²) in [5.74, 6) is -1.27. The molecule has 0 bridgehead atoms. The molecule has 0 aromatic rings. The second-order valence-corrected chi connectivity index (χ2v) is 5.59. The van der Waals surface area contributed by atoms with Crippen molar-refractivity contribution in [2.24, 2.45) is 5.92 Å². The normalized spacial score (nSPS) is 15.7. The summed E-state index contributed by atoms with van der Waals surface area (Å²) in [6, 6.07) is -0.170. The summed E-state index contributed by atoms with van der Waals surface area (Å²) in [5, 5.41) is 8.97. The van der Waals surface area contributed by atoms with Crippen LogP contribution in [0.4, 0.5) is 4.79 Å². The van der Waals surface area contributed by atoms with Crippen LogP contribution in [0.2, 0.25) is 0 Å². The van der Waals surface area contributed by atoms with E-state index in [1.165, 1.54) is 4.90 Å². The van der Waals surface area contributed by atoms with Gasteiger partial charge in [-0.05, 0) is 19.3 Å². The molecule has 0 atom stereocenters. The van der Waals surface area contributed by atoms with Crippen molar-refractivity contribution in [1.29, 1.82) is 0 Å². The van der Waals surface area contributed by atoms with Crippen molar-refractivity contribution in [3.05, 3.63) is 0 Å². The molecule has 1 aliphatic heterocycles. The summed E-state index contributed by atoms with van der Waals surface area (Å²) in [6.07, 6.45) is 1.73. The lowest BCUT2D eigenvalue weighted by Gasteiger charge is -2.34. The van der Waals surface area contributed by atoms with Crippen LogP contribution in [0, 0.1) is 5.92 Å². The van der Waals surface area contributed by atoms with Gasteiger partial charge in [-0.1, -0.05) is 6.92 Å². The number of carbonyl (C=O) groups is 3. The first-order valence-electron chi connectivity index (χ1n) is 7.33. The third kappa shape index (κ3) is 4.91. The fraction of sp³-hybridized carbons (Fsp3) is 0.786. The SMILES string of the molecule is CCCN(CC(=O)N(C)C)C(=O)N1CCC(C(=O)O)CC1. The van der Waals surface area contributed by atoms with Crippen LogP contribution in [-0.4, -0.2) is 78.0 Å². The number of hydrogen-bond acceptors (Lipinski definition) is 3. The fourth-order valence-corrected chi connectivity index (χ4v) is 2.33. The molecule has 0 radical (unpaired) electrons. The van der Waals surface area contributed by atoms with Crippen molar-refractivity contribution in [3.8, 4) is 0 Å². The van der Waals surface area contributed by atoms with Crippen molar-refractivity contribution in [3.63, 3.8) is 0 Å². The minimum atomic E-state index is -0.796. The van der Waals surface area contributed by atoms with Gasteiger partial charge in [0.05, 0.1) is 5.92 Å². The zero-order valence-electron chi connectivity index (χ0n) is 13.0. The van der Waals surface area contributed by atoms with Crippen LogP contribution in [0.15, 0.2) is 0 Å². The first-order chi connectivity index (χ1) is 9.86. The number of amides is 3. The molecule has 1 saturated heterocycles. The molecule has 1 aliphatic rings. The zero-order chi connectivity index (χ0) is 16.0. The van der Waals surface area contributed by atoms with E-state index >= 15 is 0 Å². The number of hydrogen-bond donors (Lipinski definition) is 1. The van der Waals surface area contributed by atoms with Crippen LogP contribution >= 0.6 is 0 Å². The highest BCUT2D eigenvalue weighted by atomic mass is 16.4. The van der Waals surface area contributed by atoms with E-state index in [0.717, 1.165) is 6.42 Å². The topological polar surface area (TPSA) is 81.2 Å². The number of carboxylic acids is 1. The Morgan fingerprint density at radius 3 is 2.19 bits per heavy atom. The minimum absolute atomic E-state index is 0.0680. The standard InChI is InChI=1S/C14H25N3O4/c1-4-7-17(10-12(18)15(2)3)14(21)16-8-5-11(6-9-16)13(19)20/h11H,4-10H2,1-3H3,(H,19,20). The summed E-state index contributed by atoms with van der Waals surface area (Å²) >= 11 is 0. The van der Waals surface area contributed by atoms with Crippen molar-refractivity contribution >= 4 is 17.9 Å². The van der Waals surface area contributed by atoms with Gasteiger partial charge < -0.3 is 19.8 Å². The van der Waals surface area contributed by atoms with E-state index < -0.39 is 5.97 Å². The number of rotatable bonds is 5. The van der Waals surface area contributed by atoms with Gasteiger partial charge in [0.15, 0.2) is 0 Å². The molecule has 120 valence electrons. The molecule has 3 amide bonds. The third-order valence-corrected chi connectivity index (χ3v) is 3.70. The van der Waals surface area contributed by atoms with E-state index in [4.69, 9.17) is 5.11 Å². The van der Waals surface area contributed by atoms with E-state index in [9.17, 15) is 14.4 Å². The van der Waals surface area contributed by atoms with Crippen molar-refractivity contribution < 1.29 is 19.5 Å². The van der Waals surface area contributed by atoms with Gasteiger partial charge in [-0.2, -0.15) is 0 Å². The van der Waals surface area contributed by atoms with E-state index in [0.29, 0.717) is 32.5 Å². The lowest BCUT2D eigenvalue weighted by atomic mass is 9.97. The van der Waals surface area contributed by atoms with Gasteiger partial charge in [0.25, 0.3) is 0 Å². The van der Waals surface area contributed by atoms with Crippen molar-refractivity contribution in [1.82, 2.24) is 14.7 Å². The number of nitrogens with zero attached hydrogens (tertiary/aromatic N) is 3. The maximum atomic E-state index is 12.5. The van der Waals surface area contributed by atoms with Crippen LogP contribution in [-0.2, 0) is 9.59 Å². The molecule has 1 fully saturated rings. The van der Waals surface area contributed by atoms with Gasteiger partial charge in [-0.25, -0.2) is 4.79 Å². The first-order valence-corrected chi connectivity index (χ1v) is 7.33. The van der Waals surface area contributed by atoms with Gasteiger partial charge in [-0.3, -0.25) is 9.59 Å². The smallest absolute Gasteiger partial charge is 0.320 e. The molecule has 1 heterocycles. The van der Waals surface area contributed by atoms with E-state index in [2.05, 4.69) is 0 Å². The molecule has 0 spiro atoms. The Bertz CT molecular complexity index is 390. The Morgan fingerprint density at radius 2 is 1.76 bits per heavy atom. The molecule has 21 heavy (non-hydrogen) atoms. The number of likely N-dealkylation sites (tertiary alicyclic amines) is 1. The molecule has 1 N–H and O–H groups in total. The Hall–Kier alpha value is -1.79. The summed E-state index contributed by atoms with van der Waals surface area (Å²) in [6.45, 7) is 3.42. The number of aliphatic carboxylic acids is 1. The summed E-state index contributed by atoms with van der Waals surface area (Å²) < 4.78 is 0. The van der Waals surface area contributed by atoms with Crippen molar-refractivity contribution in [2.75, 3.05) is 40.3 Å². The largest absolute Gasteiger partial charge is 0.481 e. The number of carboxylic acid groups (broad SMARTS) is 1. The van der Waals surface area contributed by atoms with Gasteiger partial charge in [0.1, 0.15) is 6.54 Å². The van der Waals surface area contributed by atoms with E-state index in [-0.39, 0.29) is 24.4 Å². The molecule has 0 aromatic carbocycles. The predicted molar refractivity (Wildman–Crippen MR) is 77.9 cm³/mol. The van der Waals surface area contributed by atoms with Gasteiger partial charge in [0.2, 0.25) is 5.91 Å². The minimum Gasteiger partial charge on any atom is -0.481 e. The Kier molecular flexibility index (Phi) is 6.45. The molecule has 7 heteroatoms. The lowest BCUT2D eigenvalue weighted by molar-refractivity contribution is -0.143. The van der Waals surface area contributed by atoms with Gasteiger partial charge >= 0.3 is 12.0 Å². The molecule has 0 unspecified atom stereocenters. The first kappa shape index (κ1) is 17.3. The highest BCUT2D eigenvalue weighted by Crippen LogP contribution is 2.18. The average Bonchev–Trinajstić information content (AvgIpc) is 2.45. The van der Waals surface area contributed by atoms with Gasteiger partial charge in [-0.15, -0.1) is 0 Å². The molecular weight excluding hydrogens is 274 g/mol.